The lowest BCUT2D eigenvalue weighted by atomic mass is 9.75. The van der Waals surface area contributed by atoms with Crippen molar-refractivity contribution in [2.45, 2.75) is 49.3 Å². The Kier molecular flexibility index (Phi) is 6.49. The summed E-state index contributed by atoms with van der Waals surface area (Å²) in [7, 11) is 0. The molecule has 164 valence electrons. The van der Waals surface area contributed by atoms with E-state index < -0.39 is 5.92 Å². The number of hydrogen-bond donors (Lipinski definition) is 1. The minimum absolute atomic E-state index is 0.0696. The van der Waals surface area contributed by atoms with Crippen LogP contribution in [0.2, 0.25) is 0 Å². The van der Waals surface area contributed by atoms with Crippen LogP contribution in [0.4, 0.5) is 5.13 Å². The van der Waals surface area contributed by atoms with Crippen molar-refractivity contribution in [1.82, 2.24) is 10.2 Å². The molecule has 0 fully saturated rings. The quantitative estimate of drug-likeness (QED) is 0.462. The summed E-state index contributed by atoms with van der Waals surface area (Å²) in [6, 6.07) is 10.5. The summed E-state index contributed by atoms with van der Waals surface area (Å²) in [5.41, 5.74) is 10.6. The Bertz CT molecular complexity index is 1150. The summed E-state index contributed by atoms with van der Waals surface area (Å²) < 4.78 is 0.793. The van der Waals surface area contributed by atoms with Crippen LogP contribution in [0.1, 0.15) is 56.1 Å². The van der Waals surface area contributed by atoms with E-state index in [-0.39, 0.29) is 5.78 Å². The first kappa shape index (κ1) is 22.3. The molecule has 0 amide bonds. The number of benzene rings is 1. The Morgan fingerprint density at radius 2 is 2.09 bits per heavy atom. The maximum Gasteiger partial charge on any atom is 0.219 e. The zero-order valence-corrected chi connectivity index (χ0v) is 19.8. The van der Waals surface area contributed by atoms with Gasteiger partial charge in [-0.05, 0) is 29.9 Å². The van der Waals surface area contributed by atoms with Crippen molar-refractivity contribution in [3.8, 4) is 6.07 Å². The Labute approximate surface area is 196 Å². The van der Waals surface area contributed by atoms with E-state index in [9.17, 15) is 10.1 Å². The molecule has 2 heterocycles. The molecule has 0 spiro atoms. The van der Waals surface area contributed by atoms with Crippen LogP contribution in [0.15, 0.2) is 63.9 Å². The van der Waals surface area contributed by atoms with E-state index in [0.29, 0.717) is 40.9 Å². The molecule has 4 rings (SSSR count). The Morgan fingerprint density at radius 1 is 1.34 bits per heavy atom. The minimum Gasteiger partial charge on any atom is -0.384 e. The van der Waals surface area contributed by atoms with Crippen LogP contribution < -0.4 is 10.6 Å². The summed E-state index contributed by atoms with van der Waals surface area (Å²) >= 11 is 2.94. The van der Waals surface area contributed by atoms with Gasteiger partial charge in [0.2, 0.25) is 5.13 Å². The highest BCUT2D eigenvalue weighted by Gasteiger charge is 2.41. The zero-order chi connectivity index (χ0) is 22.8. The molecule has 1 aliphatic carbocycles. The largest absolute Gasteiger partial charge is 0.384 e. The van der Waals surface area contributed by atoms with E-state index in [1.807, 2.05) is 18.2 Å². The normalized spacial score (nSPS) is 18.8. The molecule has 32 heavy (non-hydrogen) atoms. The van der Waals surface area contributed by atoms with Gasteiger partial charge in [-0.3, -0.25) is 9.69 Å². The summed E-state index contributed by atoms with van der Waals surface area (Å²) in [4.78, 5) is 15.0. The molecular formula is C24H25N5OS2. The second-order valence-electron chi connectivity index (χ2n) is 8.09. The maximum atomic E-state index is 13.2. The third-order valence-corrected chi connectivity index (χ3v) is 7.80. The highest BCUT2D eigenvalue weighted by atomic mass is 32.2. The Hall–Kier alpha value is -2.89. The number of carbonyl (C=O) groups excluding carboxylic acids is 1. The first-order chi connectivity index (χ1) is 15.5. The molecule has 2 N–H and O–H groups in total. The highest BCUT2D eigenvalue weighted by Crippen LogP contribution is 2.47. The number of aromatic nitrogens is 2. The van der Waals surface area contributed by atoms with Gasteiger partial charge in [0.15, 0.2) is 10.1 Å². The van der Waals surface area contributed by atoms with Crippen LogP contribution in [0.5, 0.6) is 0 Å². The number of rotatable bonds is 6. The molecule has 6 nitrogen and oxygen atoms in total. The number of nitrogens with zero attached hydrogens (tertiary/aromatic N) is 4. The van der Waals surface area contributed by atoms with Crippen LogP contribution in [0.25, 0.3) is 0 Å². The molecule has 1 unspecified atom stereocenters. The zero-order valence-electron chi connectivity index (χ0n) is 18.2. The lowest BCUT2D eigenvalue weighted by Gasteiger charge is -2.38. The molecule has 1 atom stereocenters. The van der Waals surface area contributed by atoms with Crippen molar-refractivity contribution in [3.63, 3.8) is 0 Å². The van der Waals surface area contributed by atoms with E-state index in [4.69, 9.17) is 5.73 Å². The van der Waals surface area contributed by atoms with E-state index >= 15 is 0 Å². The van der Waals surface area contributed by atoms with Gasteiger partial charge in [-0.2, -0.15) is 5.26 Å². The molecule has 1 aromatic heterocycles. The molecule has 0 saturated carbocycles. The fraction of sp³-hybridized carbons (Fsp3) is 0.333. The van der Waals surface area contributed by atoms with Crippen LogP contribution in [0, 0.1) is 11.3 Å². The van der Waals surface area contributed by atoms with Crippen LogP contribution in [-0.4, -0.2) is 21.7 Å². The maximum absolute atomic E-state index is 13.2. The van der Waals surface area contributed by atoms with Crippen LogP contribution in [0.3, 0.4) is 0 Å². The van der Waals surface area contributed by atoms with Gasteiger partial charge in [-0.1, -0.05) is 67.3 Å². The fourth-order valence-corrected chi connectivity index (χ4v) is 5.83. The van der Waals surface area contributed by atoms with Gasteiger partial charge in [0.1, 0.15) is 5.82 Å². The summed E-state index contributed by atoms with van der Waals surface area (Å²) in [6.07, 6.45) is 3.74. The van der Waals surface area contributed by atoms with E-state index in [1.165, 1.54) is 28.7 Å². The van der Waals surface area contributed by atoms with Gasteiger partial charge in [-0.15, -0.1) is 16.8 Å². The van der Waals surface area contributed by atoms with E-state index in [0.717, 1.165) is 27.8 Å². The summed E-state index contributed by atoms with van der Waals surface area (Å²) in [6.45, 7) is 8.02. The van der Waals surface area contributed by atoms with Crippen molar-refractivity contribution in [2.24, 2.45) is 5.73 Å². The standard InChI is InChI=1S/C24H25N5OS2/c1-4-12-31-24-28-27-23(32-24)29-18-6-5-7-19(30)21(18)20(17(13-25)22(29)26)16-10-8-15(9-11-16)14(2)3/h4,8-11,14,20H,1,5-7,12,26H2,2-3H3. The van der Waals surface area contributed by atoms with E-state index in [2.05, 4.69) is 48.8 Å². The highest BCUT2D eigenvalue weighted by molar-refractivity contribution is 8.01. The van der Waals surface area contributed by atoms with Crippen molar-refractivity contribution >= 4 is 34.0 Å². The minimum atomic E-state index is -0.456. The molecule has 0 radical (unpaired) electrons. The van der Waals surface area contributed by atoms with Gasteiger partial charge in [0.25, 0.3) is 0 Å². The van der Waals surface area contributed by atoms with Crippen molar-refractivity contribution in [2.75, 3.05) is 10.7 Å². The number of Topliss-reactive ketones (excluding diaryl/α,β-unsaturated/α-hetero) is 1. The number of anilines is 1. The van der Waals surface area contributed by atoms with Gasteiger partial charge in [0.05, 0.1) is 17.6 Å². The molecule has 1 aliphatic heterocycles. The van der Waals surface area contributed by atoms with Gasteiger partial charge < -0.3 is 5.73 Å². The Morgan fingerprint density at radius 3 is 2.75 bits per heavy atom. The van der Waals surface area contributed by atoms with Crippen molar-refractivity contribution < 1.29 is 4.79 Å². The number of nitrogens with two attached hydrogens (primary N) is 1. The molecule has 8 heteroatoms. The third-order valence-electron chi connectivity index (χ3n) is 5.76. The topological polar surface area (TPSA) is 95.9 Å². The van der Waals surface area contributed by atoms with E-state index in [1.54, 1.807) is 4.90 Å². The number of hydrogen-bond acceptors (Lipinski definition) is 8. The smallest absolute Gasteiger partial charge is 0.219 e. The number of allylic oxidation sites excluding steroid dienone is 3. The second kappa shape index (κ2) is 9.31. The predicted molar refractivity (Wildman–Crippen MR) is 129 cm³/mol. The van der Waals surface area contributed by atoms with Crippen molar-refractivity contribution in [1.29, 1.82) is 5.26 Å². The average Bonchev–Trinajstić information content (AvgIpc) is 3.25. The number of nitriles is 1. The van der Waals surface area contributed by atoms with Gasteiger partial charge in [-0.25, -0.2) is 0 Å². The van der Waals surface area contributed by atoms with Crippen LogP contribution in [-0.2, 0) is 4.79 Å². The molecule has 2 aliphatic rings. The average molecular weight is 464 g/mol. The molecule has 2 aromatic rings. The lowest BCUT2D eigenvalue weighted by molar-refractivity contribution is -0.116. The Balaban J connectivity index is 1.84. The predicted octanol–water partition coefficient (Wildman–Crippen LogP) is 5.24. The monoisotopic (exact) mass is 463 g/mol. The molecule has 1 aromatic carbocycles. The summed E-state index contributed by atoms with van der Waals surface area (Å²) in [5.74, 6) is 1.07. The number of ketones is 1. The first-order valence-corrected chi connectivity index (χ1v) is 12.4. The lowest BCUT2D eigenvalue weighted by Crippen LogP contribution is -2.38. The van der Waals surface area contributed by atoms with Crippen LogP contribution >= 0.6 is 23.1 Å². The molecule has 0 bridgehead atoms. The van der Waals surface area contributed by atoms with Gasteiger partial charge >= 0.3 is 0 Å². The van der Waals surface area contributed by atoms with Crippen molar-refractivity contribution in [3.05, 3.63) is 70.7 Å². The SMILES string of the molecule is C=CCSc1nnc(N2C(N)=C(C#N)C(c3ccc(C(C)C)cc3)C3=C2CCCC3=O)s1. The fourth-order valence-electron chi connectivity index (χ4n) is 4.19. The van der Waals surface area contributed by atoms with Gasteiger partial charge in [0, 0.05) is 23.4 Å². The molecular weight excluding hydrogens is 438 g/mol. The molecule has 0 saturated heterocycles. The third kappa shape index (κ3) is 3.98. The summed E-state index contributed by atoms with van der Waals surface area (Å²) in [5, 5.41) is 19.3. The number of thioether (sulfide) groups is 1. The number of carbonyl (C=O) groups is 1. The first-order valence-electron chi connectivity index (χ1n) is 10.6. The second-order valence-corrected chi connectivity index (χ2v) is 10.3.